The predicted molar refractivity (Wildman–Crippen MR) is 108 cm³/mol. The number of anilines is 1. The van der Waals surface area contributed by atoms with Crippen LogP contribution in [0.3, 0.4) is 0 Å². The largest absolute Gasteiger partial charge is 0.354 e. The number of aromatic amines is 1. The van der Waals surface area contributed by atoms with E-state index in [0.29, 0.717) is 44.3 Å². The number of halogens is 2. The summed E-state index contributed by atoms with van der Waals surface area (Å²) in [7, 11) is 0. The summed E-state index contributed by atoms with van der Waals surface area (Å²) in [6, 6.07) is 5.29. The van der Waals surface area contributed by atoms with Crippen LogP contribution in [0.25, 0.3) is 11.2 Å². The van der Waals surface area contributed by atoms with E-state index in [-0.39, 0.29) is 12.2 Å². The molecule has 142 valence electrons. The molecule has 1 aromatic carbocycles. The van der Waals surface area contributed by atoms with Gasteiger partial charge in [-0.3, -0.25) is 4.57 Å². The minimum absolute atomic E-state index is 0.236. The van der Waals surface area contributed by atoms with Gasteiger partial charge >= 0.3 is 5.69 Å². The van der Waals surface area contributed by atoms with Crippen LogP contribution in [-0.4, -0.2) is 39.2 Å². The van der Waals surface area contributed by atoms with Crippen molar-refractivity contribution in [1.82, 2.24) is 24.8 Å². The number of imidazole rings is 1. The van der Waals surface area contributed by atoms with Crippen LogP contribution < -0.4 is 16.3 Å². The molecule has 0 unspecified atom stereocenters. The molecule has 0 amide bonds. The molecule has 3 N–H and O–H groups in total. The van der Waals surface area contributed by atoms with Crippen LogP contribution in [0, 0.1) is 12.8 Å². The van der Waals surface area contributed by atoms with Gasteiger partial charge in [0.05, 0.1) is 12.2 Å². The smallest absolute Gasteiger partial charge is 0.328 e. The quantitative estimate of drug-likeness (QED) is 0.606. The topological polar surface area (TPSA) is 87.6 Å². The van der Waals surface area contributed by atoms with E-state index >= 15 is 0 Å². The first kappa shape index (κ1) is 18.3. The molecular weight excluding hydrogens is 387 g/mol. The van der Waals surface area contributed by atoms with Gasteiger partial charge in [-0.15, -0.1) is 0 Å². The second kappa shape index (κ2) is 7.50. The van der Waals surface area contributed by atoms with E-state index in [1.54, 1.807) is 22.8 Å². The van der Waals surface area contributed by atoms with Gasteiger partial charge in [0.15, 0.2) is 5.65 Å². The van der Waals surface area contributed by atoms with E-state index < -0.39 is 0 Å². The second-order valence-corrected chi connectivity index (χ2v) is 7.60. The van der Waals surface area contributed by atoms with E-state index in [0.717, 1.165) is 26.1 Å². The van der Waals surface area contributed by atoms with Crippen molar-refractivity contribution in [3.05, 3.63) is 50.0 Å². The van der Waals surface area contributed by atoms with Gasteiger partial charge in [-0.2, -0.15) is 4.98 Å². The monoisotopic (exact) mass is 406 g/mol. The van der Waals surface area contributed by atoms with E-state index in [9.17, 15) is 4.79 Å². The number of H-pyrrole nitrogens is 1. The van der Waals surface area contributed by atoms with E-state index in [4.69, 9.17) is 23.2 Å². The standard InChI is InChI=1S/C18H20Cl2N6O/c1-10-15-16(25-17(23-10)22-8-11-5-6-21-7-11)26(18(27)24-15)9-12-13(19)3-2-4-14(12)20/h2-4,11,21H,5-9H2,1H3,(H,24,27)(H,22,23,25)/t11-/m1/s1. The normalized spacial score (nSPS) is 16.9. The summed E-state index contributed by atoms with van der Waals surface area (Å²) in [5.74, 6) is 1.07. The number of hydrogen-bond donors (Lipinski definition) is 3. The SMILES string of the molecule is Cc1nc(NC[C@@H]2CCNC2)nc2c1[nH]c(=O)n2Cc1c(Cl)cccc1Cl. The van der Waals surface area contributed by atoms with Crippen molar-refractivity contribution in [1.29, 1.82) is 0 Å². The second-order valence-electron chi connectivity index (χ2n) is 6.79. The Labute approximate surface area is 166 Å². The predicted octanol–water partition coefficient (Wildman–Crippen LogP) is 2.80. The van der Waals surface area contributed by atoms with E-state index in [1.807, 2.05) is 6.92 Å². The molecule has 1 aliphatic rings. The van der Waals surface area contributed by atoms with Crippen LogP contribution >= 0.6 is 23.2 Å². The van der Waals surface area contributed by atoms with E-state index in [1.165, 1.54) is 0 Å². The van der Waals surface area contributed by atoms with Crippen molar-refractivity contribution < 1.29 is 0 Å². The summed E-state index contributed by atoms with van der Waals surface area (Å²) in [5, 5.41) is 7.67. The molecule has 0 saturated carbocycles. The molecule has 2 aromatic heterocycles. The van der Waals surface area contributed by atoms with E-state index in [2.05, 4.69) is 25.6 Å². The summed E-state index contributed by atoms with van der Waals surface area (Å²) in [6.07, 6.45) is 1.13. The average molecular weight is 407 g/mol. The Morgan fingerprint density at radius 2 is 2.07 bits per heavy atom. The molecule has 1 atom stereocenters. The van der Waals surface area contributed by atoms with Crippen LogP contribution in [0.2, 0.25) is 10.0 Å². The van der Waals surface area contributed by atoms with Gasteiger partial charge in [0.1, 0.15) is 5.52 Å². The molecule has 7 nitrogen and oxygen atoms in total. The van der Waals surface area contributed by atoms with Crippen molar-refractivity contribution >= 4 is 40.3 Å². The van der Waals surface area contributed by atoms with Gasteiger partial charge in [0, 0.05) is 22.2 Å². The number of aromatic nitrogens is 4. The number of hydrogen-bond acceptors (Lipinski definition) is 5. The lowest BCUT2D eigenvalue weighted by Crippen LogP contribution is -2.19. The Bertz CT molecular complexity index is 1020. The van der Waals surface area contributed by atoms with Gasteiger partial charge < -0.3 is 15.6 Å². The van der Waals surface area contributed by atoms with Crippen molar-refractivity contribution in [2.45, 2.75) is 19.9 Å². The third-order valence-electron chi connectivity index (χ3n) is 4.89. The summed E-state index contributed by atoms with van der Waals surface area (Å²) in [6.45, 7) is 4.92. The molecule has 0 spiro atoms. The maximum absolute atomic E-state index is 12.5. The lowest BCUT2D eigenvalue weighted by molar-refractivity contribution is 0.613. The zero-order chi connectivity index (χ0) is 19.0. The number of nitrogens with zero attached hydrogens (tertiary/aromatic N) is 3. The van der Waals surface area contributed by atoms with Crippen LogP contribution in [0.4, 0.5) is 5.95 Å². The number of nitrogens with one attached hydrogen (secondary N) is 3. The van der Waals surface area contributed by atoms with Crippen LogP contribution in [-0.2, 0) is 6.54 Å². The molecule has 1 fully saturated rings. The van der Waals surface area contributed by atoms with Crippen LogP contribution in [0.5, 0.6) is 0 Å². The maximum Gasteiger partial charge on any atom is 0.328 e. The Kier molecular flexibility index (Phi) is 5.08. The van der Waals surface area contributed by atoms with Gasteiger partial charge in [-0.05, 0) is 44.5 Å². The highest BCUT2D eigenvalue weighted by Crippen LogP contribution is 2.26. The molecule has 4 rings (SSSR count). The molecule has 0 radical (unpaired) electrons. The maximum atomic E-state index is 12.5. The third kappa shape index (κ3) is 3.67. The first-order chi connectivity index (χ1) is 13.0. The summed E-state index contributed by atoms with van der Waals surface area (Å²) < 4.78 is 1.54. The van der Waals surface area contributed by atoms with Gasteiger partial charge in [-0.25, -0.2) is 9.78 Å². The lowest BCUT2D eigenvalue weighted by atomic mass is 10.1. The first-order valence-corrected chi connectivity index (χ1v) is 9.63. The molecule has 0 bridgehead atoms. The highest BCUT2D eigenvalue weighted by molar-refractivity contribution is 6.36. The number of fused-ring (bicyclic) bond motifs is 1. The number of rotatable bonds is 5. The van der Waals surface area contributed by atoms with Gasteiger partial charge in [0.25, 0.3) is 0 Å². The lowest BCUT2D eigenvalue weighted by Gasteiger charge is -2.11. The Morgan fingerprint density at radius 1 is 1.30 bits per heavy atom. The molecule has 27 heavy (non-hydrogen) atoms. The van der Waals surface area contributed by atoms with Crippen molar-refractivity contribution in [2.24, 2.45) is 5.92 Å². The summed E-state index contributed by atoms with van der Waals surface area (Å²) >= 11 is 12.5. The summed E-state index contributed by atoms with van der Waals surface area (Å²) in [4.78, 5) is 24.4. The Balaban J connectivity index is 1.69. The highest BCUT2D eigenvalue weighted by Gasteiger charge is 2.18. The molecule has 0 aliphatic carbocycles. The van der Waals surface area contributed by atoms with Crippen molar-refractivity contribution in [3.8, 4) is 0 Å². The molecule has 1 saturated heterocycles. The fraction of sp³-hybridized carbons (Fsp3) is 0.389. The Morgan fingerprint density at radius 3 is 2.78 bits per heavy atom. The van der Waals surface area contributed by atoms with Gasteiger partial charge in [-0.1, -0.05) is 29.3 Å². The molecule has 9 heteroatoms. The molecule has 1 aliphatic heterocycles. The third-order valence-corrected chi connectivity index (χ3v) is 5.60. The van der Waals surface area contributed by atoms with Crippen LogP contribution in [0.1, 0.15) is 17.7 Å². The van der Waals surface area contributed by atoms with Crippen LogP contribution in [0.15, 0.2) is 23.0 Å². The number of benzene rings is 1. The fourth-order valence-corrected chi connectivity index (χ4v) is 3.88. The Hall–Kier alpha value is -2.09. The minimum Gasteiger partial charge on any atom is -0.354 e. The van der Waals surface area contributed by atoms with Crippen molar-refractivity contribution in [2.75, 3.05) is 25.0 Å². The molecule has 3 aromatic rings. The zero-order valence-electron chi connectivity index (χ0n) is 14.9. The highest BCUT2D eigenvalue weighted by atomic mass is 35.5. The van der Waals surface area contributed by atoms with Gasteiger partial charge in [0.2, 0.25) is 5.95 Å². The minimum atomic E-state index is -0.268. The zero-order valence-corrected chi connectivity index (χ0v) is 16.4. The number of aryl methyl sites for hydroxylation is 1. The van der Waals surface area contributed by atoms with Crippen molar-refractivity contribution in [3.63, 3.8) is 0 Å². The average Bonchev–Trinajstić information content (AvgIpc) is 3.25. The first-order valence-electron chi connectivity index (χ1n) is 8.87. The molecule has 3 heterocycles. The summed E-state index contributed by atoms with van der Waals surface area (Å²) in [5.41, 5.74) is 2.29. The molecular formula is C18H20Cl2N6O. The fourth-order valence-electron chi connectivity index (χ4n) is 3.36.